The molecular formula is C10H17N. The van der Waals surface area contributed by atoms with Gasteiger partial charge in [0.25, 0.3) is 0 Å². The summed E-state index contributed by atoms with van der Waals surface area (Å²) in [7, 11) is 0. The van der Waals surface area contributed by atoms with Gasteiger partial charge in [-0.3, -0.25) is 0 Å². The highest BCUT2D eigenvalue weighted by molar-refractivity contribution is 5.20. The van der Waals surface area contributed by atoms with E-state index in [4.69, 9.17) is 0 Å². The molecule has 1 fully saturated rings. The van der Waals surface area contributed by atoms with Gasteiger partial charge in [0, 0.05) is 18.2 Å². The van der Waals surface area contributed by atoms with Gasteiger partial charge in [0.15, 0.2) is 0 Å². The molecule has 1 nitrogen and oxygen atoms in total. The molecule has 1 N–H and O–H groups in total. The molecule has 0 saturated carbocycles. The van der Waals surface area contributed by atoms with Gasteiger partial charge in [-0.15, -0.1) is 0 Å². The molecule has 1 saturated heterocycles. The van der Waals surface area contributed by atoms with Crippen molar-refractivity contribution in [2.75, 3.05) is 6.54 Å². The first-order valence-corrected chi connectivity index (χ1v) is 4.72. The van der Waals surface area contributed by atoms with Crippen LogP contribution in [0.15, 0.2) is 11.3 Å². The van der Waals surface area contributed by atoms with Gasteiger partial charge in [0.05, 0.1) is 0 Å². The molecule has 0 bridgehead atoms. The van der Waals surface area contributed by atoms with Crippen LogP contribution < -0.4 is 5.32 Å². The van der Waals surface area contributed by atoms with Gasteiger partial charge in [-0.25, -0.2) is 0 Å². The van der Waals surface area contributed by atoms with Crippen molar-refractivity contribution in [1.29, 1.82) is 0 Å². The molecular weight excluding hydrogens is 134 g/mol. The van der Waals surface area contributed by atoms with Gasteiger partial charge in [0.1, 0.15) is 0 Å². The maximum Gasteiger partial charge on any atom is 0.0150 e. The second kappa shape index (κ2) is 2.54. The summed E-state index contributed by atoms with van der Waals surface area (Å²) in [5, 5.41) is 3.52. The zero-order valence-electron chi connectivity index (χ0n) is 7.48. The van der Waals surface area contributed by atoms with E-state index in [1.807, 2.05) is 0 Å². The molecule has 1 heteroatoms. The summed E-state index contributed by atoms with van der Waals surface area (Å²) in [5.74, 6) is 1.80. The van der Waals surface area contributed by atoms with Crippen LogP contribution in [0.5, 0.6) is 0 Å². The van der Waals surface area contributed by atoms with Crippen LogP contribution in [0.25, 0.3) is 0 Å². The van der Waals surface area contributed by atoms with Gasteiger partial charge in [-0.1, -0.05) is 12.5 Å². The molecule has 0 aromatic carbocycles. The first-order chi connectivity index (χ1) is 5.29. The zero-order chi connectivity index (χ0) is 7.84. The van der Waals surface area contributed by atoms with Crippen molar-refractivity contribution in [3.63, 3.8) is 0 Å². The lowest BCUT2D eigenvalue weighted by Gasteiger charge is -2.27. The SMILES string of the molecule is CC1=C2NCCC2C(C)CC1. The summed E-state index contributed by atoms with van der Waals surface area (Å²) < 4.78 is 0. The van der Waals surface area contributed by atoms with Crippen LogP contribution in [0.3, 0.4) is 0 Å². The summed E-state index contributed by atoms with van der Waals surface area (Å²) in [6, 6.07) is 0. The van der Waals surface area contributed by atoms with Crippen LogP contribution in [0.4, 0.5) is 0 Å². The first kappa shape index (κ1) is 7.20. The number of rotatable bonds is 0. The largest absolute Gasteiger partial charge is 0.388 e. The third kappa shape index (κ3) is 1.07. The number of hydrogen-bond donors (Lipinski definition) is 1. The Morgan fingerprint density at radius 1 is 1.36 bits per heavy atom. The molecule has 0 amide bonds. The Balaban J connectivity index is 2.27. The lowest BCUT2D eigenvalue weighted by atomic mass is 9.80. The Labute approximate surface area is 68.9 Å². The van der Waals surface area contributed by atoms with Crippen LogP contribution in [0, 0.1) is 11.8 Å². The fourth-order valence-corrected chi connectivity index (χ4v) is 2.45. The van der Waals surface area contributed by atoms with Crippen molar-refractivity contribution in [3.8, 4) is 0 Å². The number of hydrogen-bond acceptors (Lipinski definition) is 1. The number of allylic oxidation sites excluding steroid dienone is 2. The molecule has 2 unspecified atom stereocenters. The molecule has 1 heterocycles. The van der Waals surface area contributed by atoms with Crippen molar-refractivity contribution >= 4 is 0 Å². The third-order valence-electron chi connectivity index (χ3n) is 3.26. The zero-order valence-corrected chi connectivity index (χ0v) is 7.48. The minimum absolute atomic E-state index is 0.878. The molecule has 2 aliphatic rings. The van der Waals surface area contributed by atoms with Crippen molar-refractivity contribution in [2.24, 2.45) is 11.8 Å². The normalized spacial score (nSPS) is 36.9. The van der Waals surface area contributed by atoms with Crippen molar-refractivity contribution in [2.45, 2.75) is 33.1 Å². The maximum absolute atomic E-state index is 3.52. The van der Waals surface area contributed by atoms with E-state index in [0.29, 0.717) is 0 Å². The summed E-state index contributed by atoms with van der Waals surface area (Å²) >= 11 is 0. The monoisotopic (exact) mass is 151 g/mol. The van der Waals surface area contributed by atoms with E-state index in [1.54, 1.807) is 11.3 Å². The second-order valence-corrected chi connectivity index (χ2v) is 4.03. The summed E-state index contributed by atoms with van der Waals surface area (Å²) in [4.78, 5) is 0. The quantitative estimate of drug-likeness (QED) is 0.560. The van der Waals surface area contributed by atoms with Gasteiger partial charge in [0.2, 0.25) is 0 Å². The topological polar surface area (TPSA) is 12.0 Å². The van der Waals surface area contributed by atoms with E-state index in [0.717, 1.165) is 11.8 Å². The van der Waals surface area contributed by atoms with E-state index in [2.05, 4.69) is 19.2 Å². The van der Waals surface area contributed by atoms with E-state index in [-0.39, 0.29) is 0 Å². The van der Waals surface area contributed by atoms with Gasteiger partial charge in [-0.05, 0) is 32.1 Å². The predicted molar refractivity (Wildman–Crippen MR) is 47.2 cm³/mol. The summed E-state index contributed by atoms with van der Waals surface area (Å²) in [6.07, 6.45) is 4.09. The van der Waals surface area contributed by atoms with Crippen molar-refractivity contribution in [3.05, 3.63) is 11.3 Å². The molecule has 0 spiro atoms. The lowest BCUT2D eigenvalue weighted by molar-refractivity contribution is 0.370. The third-order valence-corrected chi connectivity index (χ3v) is 3.26. The number of nitrogens with one attached hydrogen (secondary N) is 1. The fourth-order valence-electron chi connectivity index (χ4n) is 2.45. The van der Waals surface area contributed by atoms with Crippen molar-refractivity contribution in [1.82, 2.24) is 5.32 Å². The first-order valence-electron chi connectivity index (χ1n) is 4.72. The molecule has 1 aliphatic heterocycles. The van der Waals surface area contributed by atoms with Crippen LogP contribution in [-0.4, -0.2) is 6.54 Å². The highest BCUT2D eigenvalue weighted by Crippen LogP contribution is 2.37. The summed E-state index contributed by atoms with van der Waals surface area (Å²) in [6.45, 7) is 5.89. The maximum atomic E-state index is 3.52. The van der Waals surface area contributed by atoms with Crippen LogP contribution in [0.1, 0.15) is 33.1 Å². The van der Waals surface area contributed by atoms with E-state index in [1.165, 1.54) is 25.8 Å². The van der Waals surface area contributed by atoms with Crippen LogP contribution >= 0.6 is 0 Å². The Hall–Kier alpha value is -0.460. The average Bonchev–Trinajstić information content (AvgIpc) is 2.45. The minimum Gasteiger partial charge on any atom is -0.388 e. The van der Waals surface area contributed by atoms with Gasteiger partial charge in [-0.2, -0.15) is 0 Å². The van der Waals surface area contributed by atoms with Crippen LogP contribution in [0.2, 0.25) is 0 Å². The molecule has 11 heavy (non-hydrogen) atoms. The van der Waals surface area contributed by atoms with E-state index < -0.39 is 0 Å². The molecule has 0 radical (unpaired) electrons. The molecule has 62 valence electrons. The second-order valence-electron chi connectivity index (χ2n) is 4.03. The van der Waals surface area contributed by atoms with E-state index >= 15 is 0 Å². The fraction of sp³-hybridized carbons (Fsp3) is 0.800. The van der Waals surface area contributed by atoms with Gasteiger partial charge < -0.3 is 5.32 Å². The van der Waals surface area contributed by atoms with Gasteiger partial charge >= 0.3 is 0 Å². The molecule has 0 aromatic heterocycles. The summed E-state index contributed by atoms with van der Waals surface area (Å²) in [5.41, 5.74) is 3.20. The number of fused-ring (bicyclic) bond motifs is 1. The Morgan fingerprint density at radius 3 is 2.91 bits per heavy atom. The van der Waals surface area contributed by atoms with Crippen LogP contribution in [-0.2, 0) is 0 Å². The molecule has 0 aromatic rings. The average molecular weight is 151 g/mol. The Bertz CT molecular complexity index is 193. The minimum atomic E-state index is 0.878. The Morgan fingerprint density at radius 2 is 2.18 bits per heavy atom. The smallest absolute Gasteiger partial charge is 0.0150 e. The predicted octanol–water partition coefficient (Wildman–Crippen LogP) is 2.30. The van der Waals surface area contributed by atoms with E-state index in [9.17, 15) is 0 Å². The highest BCUT2D eigenvalue weighted by atomic mass is 14.9. The standard InChI is InChI=1S/C10H17N/c1-7-3-4-8(2)10-9(7)5-6-11-10/h7,9,11H,3-6H2,1-2H3. The molecule has 1 aliphatic carbocycles. The Kier molecular flexibility index (Phi) is 1.67. The molecule has 2 atom stereocenters. The highest BCUT2D eigenvalue weighted by Gasteiger charge is 2.30. The molecule has 2 rings (SSSR count). The lowest BCUT2D eigenvalue weighted by Crippen LogP contribution is -2.20. The van der Waals surface area contributed by atoms with Crippen molar-refractivity contribution < 1.29 is 0 Å².